The normalized spacial score (nSPS) is 17.4. The summed E-state index contributed by atoms with van der Waals surface area (Å²) in [6.07, 6.45) is 5.88. The number of nitriles is 1. The van der Waals surface area contributed by atoms with Crippen molar-refractivity contribution in [3.05, 3.63) is 29.3 Å². The lowest BCUT2D eigenvalue weighted by Crippen LogP contribution is -2.09. The lowest BCUT2D eigenvalue weighted by molar-refractivity contribution is 0.398. The van der Waals surface area contributed by atoms with E-state index < -0.39 is 0 Å². The van der Waals surface area contributed by atoms with Gasteiger partial charge in [-0.1, -0.05) is 31.9 Å². The predicted molar refractivity (Wildman–Crippen MR) is 72.7 cm³/mol. The second-order valence-corrected chi connectivity index (χ2v) is 5.08. The summed E-state index contributed by atoms with van der Waals surface area (Å²) < 4.78 is 5.44. The molecule has 2 nitrogen and oxygen atoms in total. The second kappa shape index (κ2) is 5.91. The van der Waals surface area contributed by atoms with Crippen LogP contribution in [0, 0.1) is 17.2 Å². The molecule has 18 heavy (non-hydrogen) atoms. The van der Waals surface area contributed by atoms with Gasteiger partial charge in [-0.2, -0.15) is 5.26 Å². The molecule has 0 aliphatic heterocycles. The fraction of sp³-hybridized carbons (Fsp3) is 0.562. The summed E-state index contributed by atoms with van der Waals surface area (Å²) in [6, 6.07) is 8.76. The lowest BCUT2D eigenvalue weighted by atomic mass is 9.84. The highest BCUT2D eigenvalue weighted by molar-refractivity contribution is 5.42. The van der Waals surface area contributed by atoms with Gasteiger partial charge in [0.05, 0.1) is 19.1 Å². The van der Waals surface area contributed by atoms with Gasteiger partial charge in [-0.15, -0.1) is 0 Å². The Hall–Kier alpha value is -1.49. The zero-order valence-electron chi connectivity index (χ0n) is 11.3. The predicted octanol–water partition coefficient (Wildman–Crippen LogP) is 4.05. The first-order chi connectivity index (χ1) is 8.80. The molecule has 1 aromatic carbocycles. The minimum atomic E-state index is -0.00560. The molecule has 0 heterocycles. The maximum atomic E-state index is 9.52. The highest BCUT2D eigenvalue weighted by Crippen LogP contribution is 2.40. The number of aryl methyl sites for hydroxylation is 1. The van der Waals surface area contributed by atoms with E-state index in [1.54, 1.807) is 7.11 Å². The zero-order valence-corrected chi connectivity index (χ0v) is 11.3. The van der Waals surface area contributed by atoms with E-state index in [4.69, 9.17) is 4.74 Å². The van der Waals surface area contributed by atoms with Crippen LogP contribution in [0.25, 0.3) is 0 Å². The van der Waals surface area contributed by atoms with E-state index in [9.17, 15) is 5.26 Å². The molecule has 0 bridgehead atoms. The number of methoxy groups -OCH3 is 1. The van der Waals surface area contributed by atoms with Gasteiger partial charge >= 0.3 is 0 Å². The van der Waals surface area contributed by atoms with Crippen molar-refractivity contribution in [1.29, 1.82) is 5.26 Å². The molecule has 1 aromatic rings. The summed E-state index contributed by atoms with van der Waals surface area (Å²) in [6.45, 7) is 2.14. The molecule has 96 valence electrons. The first-order valence-electron chi connectivity index (χ1n) is 6.86. The highest BCUT2D eigenvalue weighted by Gasteiger charge is 2.28. The van der Waals surface area contributed by atoms with Crippen molar-refractivity contribution < 1.29 is 4.74 Å². The highest BCUT2D eigenvalue weighted by atomic mass is 16.5. The van der Waals surface area contributed by atoms with Crippen molar-refractivity contribution >= 4 is 0 Å². The fourth-order valence-electron chi connectivity index (χ4n) is 2.97. The van der Waals surface area contributed by atoms with Crippen molar-refractivity contribution in [2.24, 2.45) is 5.92 Å². The van der Waals surface area contributed by atoms with Gasteiger partial charge in [0.2, 0.25) is 0 Å². The molecule has 0 amide bonds. The van der Waals surface area contributed by atoms with Gasteiger partial charge in [-0.05, 0) is 36.8 Å². The summed E-state index contributed by atoms with van der Waals surface area (Å²) >= 11 is 0. The van der Waals surface area contributed by atoms with Crippen LogP contribution >= 0.6 is 0 Å². The molecule has 0 aromatic heterocycles. The monoisotopic (exact) mass is 243 g/mol. The quantitative estimate of drug-likeness (QED) is 0.799. The maximum absolute atomic E-state index is 9.52. The molecular formula is C16H21NO. The van der Waals surface area contributed by atoms with Crippen LogP contribution in [-0.4, -0.2) is 7.11 Å². The Bertz CT molecular complexity index is 441. The van der Waals surface area contributed by atoms with E-state index >= 15 is 0 Å². The fourth-order valence-corrected chi connectivity index (χ4v) is 2.97. The third-order valence-electron chi connectivity index (χ3n) is 4.05. The Morgan fingerprint density at radius 2 is 2.11 bits per heavy atom. The Kier molecular flexibility index (Phi) is 4.25. The average Bonchev–Trinajstić information content (AvgIpc) is 2.93. The summed E-state index contributed by atoms with van der Waals surface area (Å²) in [5.41, 5.74) is 2.37. The molecule has 1 fully saturated rings. The van der Waals surface area contributed by atoms with E-state index in [1.807, 2.05) is 6.07 Å². The third kappa shape index (κ3) is 2.51. The smallest absolute Gasteiger partial charge is 0.123 e. The van der Waals surface area contributed by atoms with Crippen molar-refractivity contribution in [3.63, 3.8) is 0 Å². The van der Waals surface area contributed by atoms with Crippen LogP contribution < -0.4 is 4.74 Å². The van der Waals surface area contributed by atoms with Gasteiger partial charge in [-0.25, -0.2) is 0 Å². The van der Waals surface area contributed by atoms with E-state index in [2.05, 4.69) is 25.1 Å². The molecule has 1 aliphatic rings. The Labute approximate surface area is 110 Å². The van der Waals surface area contributed by atoms with E-state index in [0.717, 1.165) is 17.7 Å². The summed E-state index contributed by atoms with van der Waals surface area (Å²) in [4.78, 5) is 0. The van der Waals surface area contributed by atoms with Gasteiger partial charge in [0.1, 0.15) is 5.75 Å². The summed E-state index contributed by atoms with van der Waals surface area (Å²) in [5, 5.41) is 9.52. The topological polar surface area (TPSA) is 33.0 Å². The second-order valence-electron chi connectivity index (χ2n) is 5.08. The molecule has 0 radical (unpaired) electrons. The van der Waals surface area contributed by atoms with Crippen LogP contribution in [0.1, 0.15) is 49.7 Å². The van der Waals surface area contributed by atoms with Crippen molar-refractivity contribution in [3.8, 4) is 11.8 Å². The van der Waals surface area contributed by atoms with Crippen molar-refractivity contribution in [2.45, 2.75) is 44.9 Å². The zero-order chi connectivity index (χ0) is 13.0. The van der Waals surface area contributed by atoms with E-state index in [1.165, 1.54) is 31.2 Å². The van der Waals surface area contributed by atoms with Crippen LogP contribution in [0.2, 0.25) is 0 Å². The number of hydrogen-bond acceptors (Lipinski definition) is 2. The number of hydrogen-bond donors (Lipinski definition) is 0. The standard InChI is InChI=1S/C16H21NO/c1-3-12-8-9-16(18-2)14(10-12)15(11-17)13-6-4-5-7-13/h8-10,13,15H,3-7H2,1-2H3. The Morgan fingerprint density at radius 1 is 1.39 bits per heavy atom. The van der Waals surface area contributed by atoms with Gasteiger partial charge < -0.3 is 4.74 Å². The molecule has 1 aliphatic carbocycles. The largest absolute Gasteiger partial charge is 0.496 e. The molecule has 0 saturated heterocycles. The number of rotatable bonds is 4. The maximum Gasteiger partial charge on any atom is 0.123 e. The van der Waals surface area contributed by atoms with Crippen LogP contribution in [0.5, 0.6) is 5.75 Å². The molecule has 1 atom stereocenters. The minimum Gasteiger partial charge on any atom is -0.496 e. The van der Waals surface area contributed by atoms with E-state index in [-0.39, 0.29) is 5.92 Å². The van der Waals surface area contributed by atoms with Crippen LogP contribution in [0.3, 0.4) is 0 Å². The van der Waals surface area contributed by atoms with Gasteiger partial charge in [0.25, 0.3) is 0 Å². The first-order valence-corrected chi connectivity index (χ1v) is 6.86. The summed E-state index contributed by atoms with van der Waals surface area (Å²) in [7, 11) is 1.69. The van der Waals surface area contributed by atoms with Crippen molar-refractivity contribution in [1.82, 2.24) is 0 Å². The third-order valence-corrected chi connectivity index (χ3v) is 4.05. The Morgan fingerprint density at radius 3 is 2.67 bits per heavy atom. The van der Waals surface area contributed by atoms with Gasteiger partial charge in [0, 0.05) is 5.56 Å². The van der Waals surface area contributed by atoms with E-state index in [0.29, 0.717) is 5.92 Å². The molecule has 0 spiro atoms. The molecule has 1 unspecified atom stereocenters. The van der Waals surface area contributed by atoms with Crippen molar-refractivity contribution in [2.75, 3.05) is 7.11 Å². The van der Waals surface area contributed by atoms with Gasteiger partial charge in [0.15, 0.2) is 0 Å². The molecule has 1 saturated carbocycles. The minimum absolute atomic E-state index is 0.00560. The molecule has 0 N–H and O–H groups in total. The number of nitrogens with zero attached hydrogens (tertiary/aromatic N) is 1. The molecular weight excluding hydrogens is 222 g/mol. The van der Waals surface area contributed by atoms with Gasteiger partial charge in [-0.3, -0.25) is 0 Å². The number of benzene rings is 1. The molecule has 2 rings (SSSR count). The van der Waals surface area contributed by atoms with Crippen LogP contribution in [0.15, 0.2) is 18.2 Å². The summed E-state index contributed by atoms with van der Waals surface area (Å²) in [5.74, 6) is 1.37. The average molecular weight is 243 g/mol. The Balaban J connectivity index is 2.36. The lowest BCUT2D eigenvalue weighted by Gasteiger charge is -2.20. The number of ether oxygens (including phenoxy) is 1. The SMILES string of the molecule is CCc1ccc(OC)c(C(C#N)C2CCCC2)c1. The first kappa shape index (κ1) is 13.0. The molecule has 2 heteroatoms. The van der Waals surface area contributed by atoms with Crippen LogP contribution in [0.4, 0.5) is 0 Å². The van der Waals surface area contributed by atoms with Crippen LogP contribution in [-0.2, 0) is 6.42 Å².